The van der Waals surface area contributed by atoms with Crippen molar-refractivity contribution in [3.8, 4) is 11.5 Å². The minimum absolute atomic E-state index is 0.109. The minimum Gasteiger partial charge on any atom is -0.493 e. The van der Waals surface area contributed by atoms with Crippen molar-refractivity contribution in [1.82, 2.24) is 15.2 Å². The Morgan fingerprint density at radius 2 is 1.97 bits per heavy atom. The van der Waals surface area contributed by atoms with Gasteiger partial charge in [-0.05, 0) is 44.4 Å². The first-order chi connectivity index (χ1) is 14.8. The van der Waals surface area contributed by atoms with E-state index in [4.69, 9.17) is 9.47 Å². The second kappa shape index (κ2) is 9.78. The number of anilines is 1. The van der Waals surface area contributed by atoms with Gasteiger partial charge in [0.2, 0.25) is 5.91 Å². The van der Waals surface area contributed by atoms with Crippen LogP contribution in [-0.2, 0) is 16.0 Å². The molecule has 0 saturated carbocycles. The molecule has 0 spiro atoms. The molecular weight excluding hydrogens is 420 g/mol. The van der Waals surface area contributed by atoms with Crippen LogP contribution in [0.4, 0.5) is 9.93 Å². The third-order valence-electron chi connectivity index (χ3n) is 5.11. The highest BCUT2D eigenvalue weighted by Gasteiger charge is 2.37. The van der Waals surface area contributed by atoms with Gasteiger partial charge in [0, 0.05) is 17.8 Å². The standard InChI is InChI=1S/C21H26N4O5S/c1-12-13(2)31-20(22-12)24-18(26)8-6-15-19(27)25(21(28)23-15)10-9-14-5-7-16(29-3)17(11-14)30-4/h5,7,11,15H,6,8-10H2,1-4H3,(H,23,28)(H,22,24,26)/t15-/m1/s1. The summed E-state index contributed by atoms with van der Waals surface area (Å²) in [6.45, 7) is 4.05. The van der Waals surface area contributed by atoms with Crippen molar-refractivity contribution in [2.75, 3.05) is 26.1 Å². The van der Waals surface area contributed by atoms with E-state index in [-0.39, 0.29) is 31.2 Å². The van der Waals surface area contributed by atoms with Crippen molar-refractivity contribution in [3.05, 3.63) is 34.3 Å². The summed E-state index contributed by atoms with van der Waals surface area (Å²) in [6.07, 6.45) is 0.819. The summed E-state index contributed by atoms with van der Waals surface area (Å²) in [5, 5.41) is 5.94. The fourth-order valence-corrected chi connectivity index (χ4v) is 4.08. The summed E-state index contributed by atoms with van der Waals surface area (Å²) in [7, 11) is 3.11. The number of thiazole rings is 1. The van der Waals surface area contributed by atoms with Crippen LogP contribution in [0.3, 0.4) is 0 Å². The molecule has 2 aromatic rings. The van der Waals surface area contributed by atoms with Crippen LogP contribution in [0.15, 0.2) is 18.2 Å². The summed E-state index contributed by atoms with van der Waals surface area (Å²) < 4.78 is 10.5. The van der Waals surface area contributed by atoms with Crippen molar-refractivity contribution >= 4 is 34.3 Å². The quantitative estimate of drug-likeness (QED) is 0.573. The van der Waals surface area contributed by atoms with Crippen molar-refractivity contribution in [2.45, 2.75) is 39.2 Å². The molecule has 10 heteroatoms. The highest BCUT2D eigenvalue weighted by molar-refractivity contribution is 7.15. The number of nitrogens with one attached hydrogen (secondary N) is 2. The van der Waals surface area contributed by atoms with Gasteiger partial charge >= 0.3 is 6.03 Å². The molecule has 3 rings (SSSR count). The first-order valence-electron chi connectivity index (χ1n) is 9.89. The first kappa shape index (κ1) is 22.5. The number of aryl methyl sites for hydroxylation is 2. The third-order valence-corrected chi connectivity index (χ3v) is 6.10. The van der Waals surface area contributed by atoms with Crippen LogP contribution in [-0.4, -0.2) is 54.5 Å². The molecule has 9 nitrogen and oxygen atoms in total. The number of hydrogen-bond acceptors (Lipinski definition) is 7. The Balaban J connectivity index is 1.51. The number of amides is 4. The van der Waals surface area contributed by atoms with Crippen LogP contribution in [0, 0.1) is 13.8 Å². The second-order valence-corrected chi connectivity index (χ2v) is 8.38. The van der Waals surface area contributed by atoms with Gasteiger partial charge < -0.3 is 20.1 Å². The Kier molecular flexibility index (Phi) is 7.11. The zero-order valence-electron chi connectivity index (χ0n) is 18.0. The van der Waals surface area contributed by atoms with Crippen molar-refractivity contribution in [3.63, 3.8) is 0 Å². The number of nitrogens with zero attached hydrogens (tertiary/aromatic N) is 2. The number of aromatic nitrogens is 1. The van der Waals surface area contributed by atoms with Crippen molar-refractivity contribution in [2.24, 2.45) is 0 Å². The number of urea groups is 1. The van der Waals surface area contributed by atoms with Gasteiger partial charge in [-0.15, -0.1) is 11.3 Å². The Morgan fingerprint density at radius 3 is 2.61 bits per heavy atom. The summed E-state index contributed by atoms with van der Waals surface area (Å²) >= 11 is 1.41. The van der Waals surface area contributed by atoms with Crippen LogP contribution >= 0.6 is 11.3 Å². The van der Waals surface area contributed by atoms with Crippen molar-refractivity contribution in [1.29, 1.82) is 0 Å². The Hall–Kier alpha value is -3.14. The zero-order chi connectivity index (χ0) is 22.5. The van der Waals surface area contributed by atoms with Crippen LogP contribution in [0.5, 0.6) is 11.5 Å². The van der Waals surface area contributed by atoms with Crippen LogP contribution in [0.2, 0.25) is 0 Å². The number of rotatable bonds is 9. The lowest BCUT2D eigenvalue weighted by atomic mass is 10.1. The molecule has 1 saturated heterocycles. The number of ether oxygens (including phenoxy) is 2. The lowest BCUT2D eigenvalue weighted by molar-refractivity contribution is -0.127. The van der Waals surface area contributed by atoms with Crippen LogP contribution < -0.4 is 20.1 Å². The summed E-state index contributed by atoms with van der Waals surface area (Å²) in [5.41, 5.74) is 1.79. The molecule has 1 aromatic heterocycles. The SMILES string of the molecule is COc1ccc(CCN2C(=O)N[C@H](CCC(=O)Nc3nc(C)c(C)s3)C2=O)cc1OC. The predicted molar refractivity (Wildman–Crippen MR) is 117 cm³/mol. The molecule has 166 valence electrons. The van der Waals surface area contributed by atoms with E-state index in [9.17, 15) is 14.4 Å². The molecule has 31 heavy (non-hydrogen) atoms. The van der Waals surface area contributed by atoms with Crippen LogP contribution in [0.1, 0.15) is 29.0 Å². The molecule has 0 aliphatic carbocycles. The Morgan fingerprint density at radius 1 is 1.23 bits per heavy atom. The molecule has 4 amide bonds. The maximum Gasteiger partial charge on any atom is 0.324 e. The van der Waals surface area contributed by atoms with Gasteiger partial charge in [0.15, 0.2) is 16.6 Å². The van der Waals surface area contributed by atoms with Gasteiger partial charge in [-0.2, -0.15) is 0 Å². The van der Waals surface area contributed by atoms with Crippen molar-refractivity contribution < 1.29 is 23.9 Å². The summed E-state index contributed by atoms with van der Waals surface area (Å²) in [6, 6.07) is 4.32. The minimum atomic E-state index is -0.705. The summed E-state index contributed by atoms with van der Waals surface area (Å²) in [5.74, 6) is 0.646. The maximum absolute atomic E-state index is 12.6. The Bertz CT molecular complexity index is 971. The zero-order valence-corrected chi connectivity index (χ0v) is 18.8. The first-order valence-corrected chi connectivity index (χ1v) is 10.7. The number of benzene rings is 1. The van der Waals surface area contributed by atoms with Gasteiger partial charge in [0.05, 0.1) is 19.9 Å². The highest BCUT2D eigenvalue weighted by Crippen LogP contribution is 2.28. The average Bonchev–Trinajstić information content (AvgIpc) is 3.21. The molecule has 1 aromatic carbocycles. The topological polar surface area (TPSA) is 110 Å². The van der Waals surface area contributed by atoms with E-state index in [0.29, 0.717) is 23.1 Å². The molecule has 2 N–H and O–H groups in total. The maximum atomic E-state index is 12.6. The number of carbonyl (C=O) groups is 3. The van der Waals surface area contributed by atoms with E-state index in [1.165, 1.54) is 16.2 Å². The van der Waals surface area contributed by atoms with E-state index in [1.807, 2.05) is 26.0 Å². The highest BCUT2D eigenvalue weighted by atomic mass is 32.1. The number of imide groups is 1. The van der Waals surface area contributed by atoms with E-state index in [0.717, 1.165) is 16.1 Å². The number of hydrogen-bond donors (Lipinski definition) is 2. The molecule has 1 aliphatic rings. The lowest BCUT2D eigenvalue weighted by Crippen LogP contribution is -2.33. The third kappa shape index (κ3) is 5.32. The van der Waals surface area contributed by atoms with Gasteiger partial charge in [-0.1, -0.05) is 6.07 Å². The number of carbonyl (C=O) groups excluding carboxylic acids is 3. The molecule has 1 atom stereocenters. The predicted octanol–water partition coefficient (Wildman–Crippen LogP) is 2.66. The van der Waals surface area contributed by atoms with Gasteiger partial charge in [0.1, 0.15) is 6.04 Å². The van der Waals surface area contributed by atoms with Gasteiger partial charge in [0.25, 0.3) is 5.91 Å². The largest absolute Gasteiger partial charge is 0.493 e. The molecule has 1 aliphatic heterocycles. The van der Waals surface area contributed by atoms with E-state index in [1.54, 1.807) is 20.3 Å². The van der Waals surface area contributed by atoms with E-state index < -0.39 is 12.1 Å². The van der Waals surface area contributed by atoms with E-state index in [2.05, 4.69) is 15.6 Å². The summed E-state index contributed by atoms with van der Waals surface area (Å²) in [4.78, 5) is 43.6. The fraction of sp³-hybridized carbons (Fsp3) is 0.429. The number of methoxy groups -OCH3 is 2. The Labute approximate surface area is 184 Å². The lowest BCUT2D eigenvalue weighted by Gasteiger charge is -2.14. The molecule has 1 fully saturated rings. The normalized spacial score (nSPS) is 15.7. The second-order valence-electron chi connectivity index (χ2n) is 7.18. The van der Waals surface area contributed by atoms with Gasteiger partial charge in [-0.25, -0.2) is 9.78 Å². The average molecular weight is 447 g/mol. The monoisotopic (exact) mass is 446 g/mol. The van der Waals surface area contributed by atoms with E-state index >= 15 is 0 Å². The smallest absolute Gasteiger partial charge is 0.324 e. The van der Waals surface area contributed by atoms with Crippen LogP contribution in [0.25, 0.3) is 0 Å². The molecule has 2 heterocycles. The fourth-order valence-electron chi connectivity index (χ4n) is 3.24. The molecule has 0 bridgehead atoms. The van der Waals surface area contributed by atoms with Gasteiger partial charge in [-0.3, -0.25) is 14.5 Å². The molecular formula is C21H26N4O5S. The molecule has 0 unspecified atom stereocenters. The molecule has 0 radical (unpaired) electrons.